The first-order valence-corrected chi connectivity index (χ1v) is 23.3. The third kappa shape index (κ3) is 9.57. The molecule has 0 bridgehead atoms. The third-order valence-electron chi connectivity index (χ3n) is 11.5. The van der Waals surface area contributed by atoms with Crippen LogP contribution in [0.3, 0.4) is 0 Å². The number of nitrogens with zero attached hydrogens (tertiary/aromatic N) is 1. The highest BCUT2D eigenvalue weighted by atomic mass is 32.2. The molecule has 4 atom stereocenters. The van der Waals surface area contributed by atoms with Crippen molar-refractivity contribution in [2.75, 3.05) is 45.9 Å². The second-order valence-electron chi connectivity index (χ2n) is 16.0. The van der Waals surface area contributed by atoms with E-state index < -0.39 is 42.6 Å². The average Bonchev–Trinajstić information content (AvgIpc) is 3.17. The Morgan fingerprint density at radius 1 is 0.946 bits per heavy atom. The molecule has 1 fully saturated rings. The highest BCUT2D eigenvalue weighted by Crippen LogP contribution is 2.45. The zero-order valence-electron chi connectivity index (χ0n) is 34.4. The number of piperidine rings is 1. The van der Waals surface area contributed by atoms with Crippen LogP contribution in [0.25, 0.3) is 0 Å². The molecule has 3 aromatic carbocycles. The number of amides is 1. The Morgan fingerprint density at radius 2 is 1.61 bits per heavy atom. The number of carbonyl (C=O) groups excluding carboxylic acids is 2. The van der Waals surface area contributed by atoms with E-state index in [-0.39, 0.29) is 36.5 Å². The highest BCUT2D eigenvalue weighted by molar-refractivity contribution is 7.89. The lowest BCUT2D eigenvalue weighted by atomic mass is 9.83. The van der Waals surface area contributed by atoms with Gasteiger partial charge in [0.1, 0.15) is 5.75 Å². The number of fused-ring (bicyclic) bond motifs is 1. The largest absolute Gasteiger partial charge is 0.482 e. The van der Waals surface area contributed by atoms with Gasteiger partial charge in [0.15, 0.2) is 14.9 Å². The molecule has 2 aliphatic heterocycles. The lowest BCUT2D eigenvalue weighted by molar-refractivity contribution is -0.118. The maximum absolute atomic E-state index is 14.8. The van der Waals surface area contributed by atoms with Crippen molar-refractivity contribution in [3.63, 3.8) is 0 Å². The van der Waals surface area contributed by atoms with Crippen molar-refractivity contribution in [2.45, 2.75) is 113 Å². The van der Waals surface area contributed by atoms with Gasteiger partial charge in [-0.1, -0.05) is 77.4 Å². The predicted octanol–water partition coefficient (Wildman–Crippen LogP) is 8.40. The SMILES string of the molecule is COCCCC(O[C@H]1CN(S(=O)(=O)c2ccc(C)cc2)[C@H](CO[Si](C(C)C)(C(C)C)C(C)C)C[C@@H]1c1ccc(C(=O)OC)cc1)c1ccc2c(c1)NC(=O)CO2. The number of benzene rings is 3. The van der Waals surface area contributed by atoms with Crippen LogP contribution in [0.2, 0.25) is 16.6 Å². The number of rotatable bonds is 17. The fourth-order valence-electron chi connectivity index (χ4n) is 8.76. The molecule has 1 saturated heterocycles. The topological polar surface area (TPSA) is 130 Å². The number of esters is 1. The fraction of sp³-hybridized carbons (Fsp3) is 0.535. The van der Waals surface area contributed by atoms with Crippen LogP contribution in [-0.4, -0.2) is 85.6 Å². The molecule has 5 rings (SSSR count). The number of sulfonamides is 1. The summed E-state index contributed by atoms with van der Waals surface area (Å²) in [6, 6.07) is 19.4. The second kappa shape index (κ2) is 18.8. The van der Waals surface area contributed by atoms with Gasteiger partial charge in [-0.25, -0.2) is 13.2 Å². The summed E-state index contributed by atoms with van der Waals surface area (Å²) >= 11 is 0. The molecule has 0 aliphatic carbocycles. The molecule has 1 N–H and O–H groups in total. The predicted molar refractivity (Wildman–Crippen MR) is 220 cm³/mol. The number of ether oxygens (including phenoxy) is 4. The summed E-state index contributed by atoms with van der Waals surface area (Å²) in [5, 5.41) is 2.90. The van der Waals surface area contributed by atoms with E-state index in [0.717, 1.165) is 16.7 Å². The monoisotopic (exact) mass is 808 g/mol. The molecule has 3 aromatic rings. The molecule has 0 radical (unpaired) electrons. The number of aryl methyl sites for hydroxylation is 1. The van der Waals surface area contributed by atoms with Gasteiger partial charge in [-0.05, 0) is 90.3 Å². The third-order valence-corrected chi connectivity index (χ3v) is 19.5. The molecule has 56 heavy (non-hydrogen) atoms. The Bertz CT molecular complexity index is 1880. The standard InChI is InChI=1S/C43H60N2O9SSi/c1-28(2)56(29(3)4,30(5)6)53-26-35-24-37(32-14-16-33(17-15-32)43(47)51-9)41(25-45(35)55(48,49)36-19-12-31(7)13-20-36)54-39(11-10-22-50-8)34-18-21-40-38(23-34)44-42(46)27-52-40/h12-21,23,28-30,35,37,39,41H,10-11,22,24-27H2,1-9H3,(H,44,46)/t35-,37+,39?,41-/m0/s1. The first kappa shape index (κ1) is 43.5. The van der Waals surface area contributed by atoms with Gasteiger partial charge in [0.05, 0.1) is 42.1 Å². The van der Waals surface area contributed by atoms with Gasteiger partial charge in [-0.3, -0.25) is 4.79 Å². The van der Waals surface area contributed by atoms with Gasteiger partial charge >= 0.3 is 5.97 Å². The van der Waals surface area contributed by atoms with Gasteiger partial charge < -0.3 is 28.7 Å². The quantitative estimate of drug-likeness (QED) is 0.0812. The Balaban J connectivity index is 1.61. The molecule has 1 amide bonds. The fourth-order valence-corrected chi connectivity index (χ4v) is 15.9. The molecular weight excluding hydrogens is 749 g/mol. The average molecular weight is 809 g/mol. The van der Waals surface area contributed by atoms with E-state index in [1.165, 1.54) is 7.11 Å². The molecule has 11 nitrogen and oxygen atoms in total. The number of nitrogens with one attached hydrogen (secondary N) is 1. The summed E-state index contributed by atoms with van der Waals surface area (Å²) < 4.78 is 61.7. The van der Waals surface area contributed by atoms with Crippen LogP contribution in [0.5, 0.6) is 5.75 Å². The molecule has 2 heterocycles. The Kier molecular flexibility index (Phi) is 14.6. The van der Waals surface area contributed by atoms with E-state index in [1.54, 1.807) is 35.7 Å². The minimum Gasteiger partial charge on any atom is -0.482 e. The van der Waals surface area contributed by atoms with E-state index >= 15 is 0 Å². The van der Waals surface area contributed by atoms with Crippen LogP contribution in [0.4, 0.5) is 5.69 Å². The van der Waals surface area contributed by atoms with Crippen molar-refractivity contribution in [2.24, 2.45) is 0 Å². The highest BCUT2D eigenvalue weighted by Gasteiger charge is 2.48. The lowest BCUT2D eigenvalue weighted by Gasteiger charge is -2.47. The zero-order valence-corrected chi connectivity index (χ0v) is 36.2. The second-order valence-corrected chi connectivity index (χ2v) is 23.4. The Hall–Kier alpha value is -3.59. The van der Waals surface area contributed by atoms with E-state index in [0.29, 0.717) is 59.5 Å². The number of methoxy groups -OCH3 is 2. The van der Waals surface area contributed by atoms with E-state index in [9.17, 15) is 18.0 Å². The van der Waals surface area contributed by atoms with Crippen LogP contribution in [0.15, 0.2) is 71.6 Å². The Labute approximate surface area is 334 Å². The Morgan fingerprint density at radius 3 is 2.21 bits per heavy atom. The molecule has 2 aliphatic rings. The number of hydrogen-bond donors (Lipinski definition) is 1. The molecule has 13 heteroatoms. The van der Waals surface area contributed by atoms with Crippen LogP contribution < -0.4 is 10.1 Å². The summed E-state index contributed by atoms with van der Waals surface area (Å²) in [5.41, 5.74) is 4.62. The van der Waals surface area contributed by atoms with Crippen LogP contribution >= 0.6 is 0 Å². The van der Waals surface area contributed by atoms with E-state index in [2.05, 4.69) is 46.9 Å². The minimum atomic E-state index is -4.01. The summed E-state index contributed by atoms with van der Waals surface area (Å²) in [4.78, 5) is 24.9. The number of carbonyl (C=O) groups is 2. The number of anilines is 1. The van der Waals surface area contributed by atoms with Gasteiger partial charge in [-0.15, -0.1) is 0 Å². The molecule has 306 valence electrons. The first-order valence-electron chi connectivity index (χ1n) is 19.7. The van der Waals surface area contributed by atoms with Crippen molar-refractivity contribution >= 4 is 35.9 Å². The van der Waals surface area contributed by atoms with Gasteiger partial charge in [0, 0.05) is 32.2 Å². The van der Waals surface area contributed by atoms with Crippen molar-refractivity contribution in [3.05, 3.63) is 89.0 Å². The molecule has 1 unspecified atom stereocenters. The van der Waals surface area contributed by atoms with Crippen molar-refractivity contribution < 1.29 is 41.4 Å². The van der Waals surface area contributed by atoms with Crippen LogP contribution in [-0.2, 0) is 33.5 Å². The summed E-state index contributed by atoms with van der Waals surface area (Å²) in [6.07, 6.45) is 0.600. The van der Waals surface area contributed by atoms with E-state index in [1.807, 2.05) is 49.4 Å². The smallest absolute Gasteiger partial charge is 0.337 e. The maximum Gasteiger partial charge on any atom is 0.337 e. The van der Waals surface area contributed by atoms with Gasteiger partial charge in [-0.2, -0.15) is 4.31 Å². The van der Waals surface area contributed by atoms with Gasteiger partial charge in [0.2, 0.25) is 10.0 Å². The molecule has 0 spiro atoms. The van der Waals surface area contributed by atoms with Crippen LogP contribution in [0.1, 0.15) is 99.9 Å². The molecular formula is C43H60N2O9SSi. The minimum absolute atomic E-state index is 0.0517. The molecule has 0 saturated carbocycles. The molecule has 0 aromatic heterocycles. The van der Waals surface area contributed by atoms with Crippen molar-refractivity contribution in [3.8, 4) is 5.75 Å². The lowest BCUT2D eigenvalue weighted by Crippen LogP contribution is -2.56. The van der Waals surface area contributed by atoms with Crippen LogP contribution in [0, 0.1) is 6.92 Å². The van der Waals surface area contributed by atoms with Crippen molar-refractivity contribution in [1.82, 2.24) is 4.31 Å². The zero-order chi connectivity index (χ0) is 40.8. The summed E-state index contributed by atoms with van der Waals surface area (Å²) in [5.74, 6) is -0.363. The van der Waals surface area contributed by atoms with Gasteiger partial charge in [0.25, 0.3) is 5.91 Å². The van der Waals surface area contributed by atoms with E-state index in [4.69, 9.17) is 23.4 Å². The number of hydrogen-bond acceptors (Lipinski definition) is 9. The summed E-state index contributed by atoms with van der Waals surface area (Å²) in [6.45, 7) is 16.1. The van der Waals surface area contributed by atoms with Crippen molar-refractivity contribution in [1.29, 1.82) is 0 Å². The summed E-state index contributed by atoms with van der Waals surface area (Å²) in [7, 11) is -3.40. The maximum atomic E-state index is 14.8. The normalized spacial score (nSPS) is 19.8. The first-order chi connectivity index (χ1) is 26.6.